The molecule has 0 N–H and O–H groups in total. The quantitative estimate of drug-likeness (QED) is 0.513. The van der Waals surface area contributed by atoms with Gasteiger partial charge in [0.15, 0.2) is 5.82 Å². The number of ether oxygens (including phenoxy) is 1. The van der Waals surface area contributed by atoms with Crippen molar-refractivity contribution >= 4 is 5.91 Å². The lowest BCUT2D eigenvalue weighted by atomic mass is 9.93. The minimum Gasteiger partial charge on any atom is -0.381 e. The number of hydrogen-bond donors (Lipinski definition) is 0. The van der Waals surface area contributed by atoms with Crippen molar-refractivity contribution in [2.24, 2.45) is 5.92 Å². The lowest BCUT2D eigenvalue weighted by molar-refractivity contribution is 0.0686. The fourth-order valence-corrected chi connectivity index (χ4v) is 5.26. The second-order valence-electron chi connectivity index (χ2n) is 9.87. The number of halogens is 1. The SMILES string of the molecule is Cc1cc(C(=O)N2CCC(Cc3nc(C4CCOCC4)no3)CC2)c(C)n1Cc1ccc(F)cc1. The molecule has 2 fully saturated rings. The minimum atomic E-state index is -0.243. The molecule has 0 aliphatic carbocycles. The smallest absolute Gasteiger partial charge is 0.255 e. The molecule has 35 heavy (non-hydrogen) atoms. The van der Waals surface area contributed by atoms with Crippen LogP contribution < -0.4 is 0 Å². The van der Waals surface area contributed by atoms with E-state index in [0.717, 1.165) is 86.7 Å². The van der Waals surface area contributed by atoms with Crippen molar-refractivity contribution in [1.82, 2.24) is 19.6 Å². The van der Waals surface area contributed by atoms with E-state index in [1.807, 2.05) is 24.8 Å². The number of likely N-dealkylation sites (tertiary alicyclic amines) is 1. The Balaban J connectivity index is 1.17. The first-order valence-electron chi connectivity index (χ1n) is 12.6. The lowest BCUT2D eigenvalue weighted by Gasteiger charge is -2.31. The third kappa shape index (κ3) is 5.32. The van der Waals surface area contributed by atoms with Crippen LogP contribution in [0.2, 0.25) is 0 Å². The maximum absolute atomic E-state index is 13.3. The molecule has 0 atom stereocenters. The Morgan fingerprint density at radius 1 is 1.09 bits per heavy atom. The van der Waals surface area contributed by atoms with Gasteiger partial charge in [-0.05, 0) is 69.2 Å². The van der Waals surface area contributed by atoms with E-state index in [-0.39, 0.29) is 11.7 Å². The van der Waals surface area contributed by atoms with E-state index < -0.39 is 0 Å². The molecule has 0 radical (unpaired) electrons. The largest absolute Gasteiger partial charge is 0.381 e. The molecule has 7 nitrogen and oxygen atoms in total. The zero-order valence-corrected chi connectivity index (χ0v) is 20.5. The van der Waals surface area contributed by atoms with Crippen LogP contribution in [0.3, 0.4) is 0 Å². The van der Waals surface area contributed by atoms with Gasteiger partial charge in [0.2, 0.25) is 5.89 Å². The Kier molecular flexibility index (Phi) is 7.00. The van der Waals surface area contributed by atoms with E-state index in [4.69, 9.17) is 9.26 Å². The highest BCUT2D eigenvalue weighted by atomic mass is 19.1. The van der Waals surface area contributed by atoms with E-state index in [2.05, 4.69) is 14.7 Å². The monoisotopic (exact) mass is 480 g/mol. The number of nitrogens with zero attached hydrogens (tertiary/aromatic N) is 4. The van der Waals surface area contributed by atoms with Crippen molar-refractivity contribution in [3.63, 3.8) is 0 Å². The van der Waals surface area contributed by atoms with Gasteiger partial charge in [-0.15, -0.1) is 0 Å². The van der Waals surface area contributed by atoms with Gasteiger partial charge in [0.25, 0.3) is 5.91 Å². The fourth-order valence-electron chi connectivity index (χ4n) is 5.26. The van der Waals surface area contributed by atoms with E-state index in [1.54, 1.807) is 12.1 Å². The third-order valence-electron chi connectivity index (χ3n) is 7.49. The predicted molar refractivity (Wildman–Crippen MR) is 129 cm³/mol. The van der Waals surface area contributed by atoms with Gasteiger partial charge in [-0.3, -0.25) is 4.79 Å². The third-order valence-corrected chi connectivity index (χ3v) is 7.49. The molecule has 2 saturated heterocycles. The lowest BCUT2D eigenvalue weighted by Crippen LogP contribution is -2.39. The maximum Gasteiger partial charge on any atom is 0.255 e. The van der Waals surface area contributed by atoms with Crippen LogP contribution in [-0.4, -0.2) is 51.8 Å². The van der Waals surface area contributed by atoms with Crippen molar-refractivity contribution in [3.8, 4) is 0 Å². The van der Waals surface area contributed by atoms with E-state index in [0.29, 0.717) is 24.3 Å². The number of rotatable bonds is 6. The number of piperidine rings is 1. The van der Waals surface area contributed by atoms with Gasteiger partial charge in [0.05, 0.1) is 5.56 Å². The Bertz CT molecular complexity index is 1160. The van der Waals surface area contributed by atoms with Crippen molar-refractivity contribution in [1.29, 1.82) is 0 Å². The number of aryl methyl sites for hydroxylation is 1. The van der Waals surface area contributed by atoms with Crippen LogP contribution in [0, 0.1) is 25.6 Å². The molecule has 1 amide bonds. The number of carbonyl (C=O) groups excluding carboxylic acids is 1. The normalized spacial score (nSPS) is 17.7. The number of aromatic nitrogens is 3. The number of amides is 1. The highest BCUT2D eigenvalue weighted by Gasteiger charge is 2.28. The summed E-state index contributed by atoms with van der Waals surface area (Å²) in [5, 5.41) is 4.22. The highest BCUT2D eigenvalue weighted by Crippen LogP contribution is 2.27. The van der Waals surface area contributed by atoms with Crippen molar-refractivity contribution in [2.45, 2.75) is 58.4 Å². The van der Waals surface area contributed by atoms with Crippen LogP contribution in [0.5, 0.6) is 0 Å². The zero-order chi connectivity index (χ0) is 24.4. The van der Waals surface area contributed by atoms with Crippen LogP contribution in [0.15, 0.2) is 34.9 Å². The van der Waals surface area contributed by atoms with Gasteiger partial charge in [0, 0.05) is 56.6 Å². The molecule has 0 unspecified atom stereocenters. The molecule has 2 aliphatic heterocycles. The molecule has 5 rings (SSSR count). The van der Waals surface area contributed by atoms with Crippen molar-refractivity contribution in [3.05, 3.63) is 70.4 Å². The standard InChI is InChI=1S/C27H33FN4O3/c1-18-15-24(19(2)32(18)17-21-3-5-23(28)6-4-21)27(33)31-11-7-20(8-12-31)16-25-29-26(30-35-25)22-9-13-34-14-10-22/h3-6,15,20,22H,7-14,16-17H2,1-2H3. The van der Waals surface area contributed by atoms with Crippen LogP contribution in [0.25, 0.3) is 0 Å². The van der Waals surface area contributed by atoms with Gasteiger partial charge < -0.3 is 18.7 Å². The summed E-state index contributed by atoms with van der Waals surface area (Å²) < 4.78 is 26.3. The molecule has 1 aromatic carbocycles. The topological polar surface area (TPSA) is 73.4 Å². The predicted octanol–water partition coefficient (Wildman–Crippen LogP) is 4.66. The first kappa shape index (κ1) is 23.7. The summed E-state index contributed by atoms with van der Waals surface area (Å²) in [6.07, 6.45) is 4.52. The van der Waals surface area contributed by atoms with Crippen molar-refractivity contribution in [2.75, 3.05) is 26.3 Å². The van der Waals surface area contributed by atoms with Crippen LogP contribution >= 0.6 is 0 Å². The number of benzene rings is 1. The van der Waals surface area contributed by atoms with Gasteiger partial charge in [-0.2, -0.15) is 4.98 Å². The molecule has 3 aromatic rings. The Morgan fingerprint density at radius 3 is 2.51 bits per heavy atom. The first-order valence-corrected chi connectivity index (χ1v) is 12.6. The van der Waals surface area contributed by atoms with Gasteiger partial charge in [-0.25, -0.2) is 4.39 Å². The summed E-state index contributed by atoms with van der Waals surface area (Å²) in [4.78, 5) is 20.0. The number of carbonyl (C=O) groups is 1. The van der Waals surface area contributed by atoms with Gasteiger partial charge in [0.1, 0.15) is 5.82 Å². The fraction of sp³-hybridized carbons (Fsp3) is 0.519. The molecular formula is C27H33FN4O3. The Hall–Kier alpha value is -3.00. The van der Waals surface area contributed by atoms with Crippen LogP contribution in [0.4, 0.5) is 4.39 Å². The van der Waals surface area contributed by atoms with Gasteiger partial charge >= 0.3 is 0 Å². The van der Waals surface area contributed by atoms with Crippen LogP contribution in [0.1, 0.15) is 70.6 Å². The Morgan fingerprint density at radius 2 is 1.80 bits per heavy atom. The summed E-state index contributed by atoms with van der Waals surface area (Å²) in [6.45, 7) is 7.59. The van der Waals surface area contributed by atoms with Crippen LogP contribution in [-0.2, 0) is 17.7 Å². The average molecular weight is 481 g/mol. The van der Waals surface area contributed by atoms with E-state index in [9.17, 15) is 9.18 Å². The second-order valence-corrected chi connectivity index (χ2v) is 9.87. The Labute approximate surface area is 205 Å². The zero-order valence-electron chi connectivity index (χ0n) is 20.5. The molecule has 0 bridgehead atoms. The van der Waals surface area contributed by atoms with E-state index in [1.165, 1.54) is 12.1 Å². The summed E-state index contributed by atoms with van der Waals surface area (Å²) in [5.74, 6) is 2.14. The van der Waals surface area contributed by atoms with E-state index >= 15 is 0 Å². The second kappa shape index (κ2) is 10.3. The molecule has 8 heteroatoms. The molecule has 0 saturated carbocycles. The molecule has 0 spiro atoms. The first-order chi connectivity index (χ1) is 17.0. The minimum absolute atomic E-state index is 0.0847. The summed E-state index contributed by atoms with van der Waals surface area (Å²) in [5.41, 5.74) is 3.74. The average Bonchev–Trinajstić information content (AvgIpc) is 3.46. The molecule has 2 aliphatic rings. The van der Waals surface area contributed by atoms with Gasteiger partial charge in [-0.1, -0.05) is 17.3 Å². The molecular weight excluding hydrogens is 447 g/mol. The molecule has 186 valence electrons. The summed E-state index contributed by atoms with van der Waals surface area (Å²) in [6, 6.07) is 8.50. The number of hydrogen-bond acceptors (Lipinski definition) is 5. The summed E-state index contributed by atoms with van der Waals surface area (Å²) in [7, 11) is 0. The molecule has 4 heterocycles. The van der Waals surface area contributed by atoms with Crippen molar-refractivity contribution < 1.29 is 18.4 Å². The summed E-state index contributed by atoms with van der Waals surface area (Å²) >= 11 is 0. The maximum atomic E-state index is 13.3. The highest BCUT2D eigenvalue weighted by molar-refractivity contribution is 5.95. The molecule has 2 aromatic heterocycles.